The van der Waals surface area contributed by atoms with Gasteiger partial charge in [-0.3, -0.25) is 9.59 Å². The summed E-state index contributed by atoms with van der Waals surface area (Å²) in [7, 11) is 3.97. The van der Waals surface area contributed by atoms with Crippen LogP contribution in [0, 0.1) is 5.92 Å². The van der Waals surface area contributed by atoms with Crippen LogP contribution in [0.25, 0.3) is 0 Å². The number of carbonyl (C=O) groups excluding carboxylic acids is 2. The van der Waals surface area contributed by atoms with E-state index >= 15 is 0 Å². The minimum atomic E-state index is -0.193. The fourth-order valence-electron chi connectivity index (χ4n) is 3.94. The number of phenolic OH excluding ortho intramolecular Hbond substituents is 1. The van der Waals surface area contributed by atoms with E-state index in [-0.39, 0.29) is 17.7 Å². The lowest BCUT2D eigenvalue weighted by Gasteiger charge is -2.33. The predicted molar refractivity (Wildman–Crippen MR) is 99.9 cm³/mol. The summed E-state index contributed by atoms with van der Waals surface area (Å²) < 4.78 is 0. The maximum absolute atomic E-state index is 12.8. The lowest BCUT2D eigenvalue weighted by Crippen LogP contribution is -2.42. The normalized spacial score (nSPS) is 21.7. The second-order valence-corrected chi connectivity index (χ2v) is 7.74. The summed E-state index contributed by atoms with van der Waals surface area (Å²) in [5, 5.41) is 9.65. The van der Waals surface area contributed by atoms with Gasteiger partial charge in [0.2, 0.25) is 11.8 Å². The molecule has 26 heavy (non-hydrogen) atoms. The number of aromatic hydroxyl groups is 1. The molecule has 1 atom stereocenters. The zero-order chi connectivity index (χ0) is 18.7. The molecule has 2 aliphatic heterocycles. The highest BCUT2D eigenvalue weighted by molar-refractivity contribution is 5.89. The second-order valence-electron chi connectivity index (χ2n) is 7.74. The van der Waals surface area contributed by atoms with Crippen molar-refractivity contribution in [3.63, 3.8) is 0 Å². The number of phenols is 1. The van der Waals surface area contributed by atoms with E-state index in [1.807, 2.05) is 42.1 Å². The van der Waals surface area contributed by atoms with Crippen molar-refractivity contribution in [3.05, 3.63) is 29.8 Å². The number of carbonyl (C=O) groups is 2. The molecule has 6 nitrogen and oxygen atoms in total. The van der Waals surface area contributed by atoms with Crippen molar-refractivity contribution in [3.8, 4) is 5.75 Å². The third-order valence-electron chi connectivity index (χ3n) is 5.53. The molecule has 2 saturated heterocycles. The van der Waals surface area contributed by atoms with Gasteiger partial charge in [0.1, 0.15) is 5.75 Å². The third-order valence-corrected chi connectivity index (χ3v) is 5.53. The van der Waals surface area contributed by atoms with Crippen molar-refractivity contribution in [2.45, 2.75) is 25.2 Å². The summed E-state index contributed by atoms with van der Waals surface area (Å²) in [4.78, 5) is 30.8. The SMILES string of the molecule is CN(C)CCN1C[C@@H](C(=O)N2CCC(c3cccc(O)c3)CC2)CC1=O. The Morgan fingerprint density at radius 2 is 2.00 bits per heavy atom. The fourth-order valence-corrected chi connectivity index (χ4v) is 3.94. The monoisotopic (exact) mass is 359 g/mol. The topological polar surface area (TPSA) is 64.1 Å². The van der Waals surface area contributed by atoms with Crippen molar-refractivity contribution in [1.82, 2.24) is 14.7 Å². The van der Waals surface area contributed by atoms with Gasteiger partial charge >= 0.3 is 0 Å². The van der Waals surface area contributed by atoms with Gasteiger partial charge in [0, 0.05) is 39.1 Å². The van der Waals surface area contributed by atoms with Crippen molar-refractivity contribution in [2.75, 3.05) is 46.8 Å². The van der Waals surface area contributed by atoms with E-state index in [4.69, 9.17) is 0 Å². The van der Waals surface area contributed by atoms with E-state index in [1.54, 1.807) is 6.07 Å². The van der Waals surface area contributed by atoms with Gasteiger partial charge in [-0.05, 0) is 50.6 Å². The number of hydrogen-bond acceptors (Lipinski definition) is 4. The number of rotatable bonds is 5. The molecule has 0 spiro atoms. The molecule has 1 aromatic rings. The molecule has 0 bridgehead atoms. The zero-order valence-corrected chi connectivity index (χ0v) is 15.7. The summed E-state index contributed by atoms with van der Waals surface area (Å²) in [6.07, 6.45) is 2.15. The van der Waals surface area contributed by atoms with Gasteiger partial charge < -0.3 is 19.8 Å². The Bertz CT molecular complexity index is 653. The summed E-state index contributed by atoms with van der Waals surface area (Å²) in [5.74, 6) is 0.707. The van der Waals surface area contributed by atoms with Crippen LogP contribution in [0.4, 0.5) is 0 Å². The second kappa shape index (κ2) is 8.08. The molecule has 6 heteroatoms. The van der Waals surface area contributed by atoms with E-state index in [1.165, 1.54) is 0 Å². The average molecular weight is 359 g/mol. The molecule has 0 aromatic heterocycles. The first-order valence-electron chi connectivity index (χ1n) is 9.44. The highest BCUT2D eigenvalue weighted by Crippen LogP contribution is 2.31. The van der Waals surface area contributed by atoms with E-state index in [9.17, 15) is 14.7 Å². The molecule has 2 fully saturated rings. The van der Waals surface area contributed by atoms with Crippen LogP contribution in [0.5, 0.6) is 5.75 Å². The predicted octanol–water partition coefficient (Wildman–Crippen LogP) is 1.51. The van der Waals surface area contributed by atoms with Crippen molar-refractivity contribution in [1.29, 1.82) is 0 Å². The van der Waals surface area contributed by atoms with Crippen LogP contribution in [-0.4, -0.2) is 78.4 Å². The average Bonchev–Trinajstić information content (AvgIpc) is 3.00. The number of likely N-dealkylation sites (tertiary alicyclic amines) is 2. The van der Waals surface area contributed by atoms with Crippen LogP contribution in [0.3, 0.4) is 0 Å². The van der Waals surface area contributed by atoms with Gasteiger partial charge in [-0.1, -0.05) is 12.1 Å². The molecule has 142 valence electrons. The highest BCUT2D eigenvalue weighted by Gasteiger charge is 2.37. The lowest BCUT2D eigenvalue weighted by atomic mass is 9.89. The molecule has 3 rings (SSSR count). The molecule has 0 saturated carbocycles. The number of amides is 2. The van der Waals surface area contributed by atoms with Crippen molar-refractivity contribution >= 4 is 11.8 Å². The van der Waals surface area contributed by atoms with Crippen LogP contribution in [0.1, 0.15) is 30.7 Å². The fraction of sp³-hybridized carbons (Fsp3) is 0.600. The molecule has 1 N–H and O–H groups in total. The van der Waals surface area contributed by atoms with E-state index in [0.717, 1.165) is 38.0 Å². The Morgan fingerprint density at radius 1 is 1.27 bits per heavy atom. The van der Waals surface area contributed by atoms with E-state index in [0.29, 0.717) is 31.2 Å². The van der Waals surface area contributed by atoms with Crippen LogP contribution in [0.2, 0.25) is 0 Å². The Labute approximate surface area is 155 Å². The standard InChI is InChI=1S/C20H29N3O3/c1-21(2)10-11-23-14-17(13-19(23)25)20(26)22-8-6-15(7-9-22)16-4-3-5-18(24)12-16/h3-5,12,15,17,24H,6-11,13-14H2,1-2H3/t17-/m0/s1. The lowest BCUT2D eigenvalue weighted by molar-refractivity contribution is -0.136. The minimum Gasteiger partial charge on any atom is -0.508 e. The van der Waals surface area contributed by atoms with Gasteiger partial charge in [0.25, 0.3) is 0 Å². The molecular weight excluding hydrogens is 330 g/mol. The van der Waals surface area contributed by atoms with Crippen LogP contribution < -0.4 is 0 Å². The maximum Gasteiger partial charge on any atom is 0.227 e. The third kappa shape index (κ3) is 4.36. The Hall–Kier alpha value is -2.08. The number of piperidine rings is 1. The molecule has 0 aliphatic carbocycles. The molecule has 2 aliphatic rings. The number of hydrogen-bond donors (Lipinski definition) is 1. The Balaban J connectivity index is 1.51. The van der Waals surface area contributed by atoms with E-state index in [2.05, 4.69) is 4.90 Å². The summed E-state index contributed by atoms with van der Waals surface area (Å²) >= 11 is 0. The Morgan fingerprint density at radius 3 is 2.65 bits per heavy atom. The highest BCUT2D eigenvalue weighted by atomic mass is 16.3. The molecule has 1 aromatic carbocycles. The smallest absolute Gasteiger partial charge is 0.227 e. The van der Waals surface area contributed by atoms with Gasteiger partial charge in [0.05, 0.1) is 5.92 Å². The van der Waals surface area contributed by atoms with Crippen molar-refractivity contribution in [2.24, 2.45) is 5.92 Å². The molecule has 2 amide bonds. The minimum absolute atomic E-state index is 0.0971. The summed E-state index contributed by atoms with van der Waals surface area (Å²) in [6.45, 7) is 3.51. The summed E-state index contributed by atoms with van der Waals surface area (Å²) in [5.41, 5.74) is 1.14. The first-order valence-corrected chi connectivity index (χ1v) is 9.44. The van der Waals surface area contributed by atoms with Crippen LogP contribution >= 0.6 is 0 Å². The van der Waals surface area contributed by atoms with E-state index < -0.39 is 0 Å². The van der Waals surface area contributed by atoms with Gasteiger partial charge in [-0.25, -0.2) is 0 Å². The number of likely N-dealkylation sites (N-methyl/N-ethyl adjacent to an activating group) is 1. The quantitative estimate of drug-likeness (QED) is 0.866. The van der Waals surface area contributed by atoms with Gasteiger partial charge in [-0.2, -0.15) is 0 Å². The Kier molecular flexibility index (Phi) is 5.81. The first kappa shape index (κ1) is 18.7. The number of benzene rings is 1. The number of nitrogens with zero attached hydrogens (tertiary/aromatic N) is 3. The molecule has 2 heterocycles. The largest absolute Gasteiger partial charge is 0.508 e. The zero-order valence-electron chi connectivity index (χ0n) is 15.7. The summed E-state index contributed by atoms with van der Waals surface area (Å²) in [6, 6.07) is 7.41. The van der Waals surface area contributed by atoms with Crippen molar-refractivity contribution < 1.29 is 14.7 Å². The van der Waals surface area contributed by atoms with Gasteiger partial charge in [0.15, 0.2) is 0 Å². The maximum atomic E-state index is 12.8. The van der Waals surface area contributed by atoms with Crippen LogP contribution in [0.15, 0.2) is 24.3 Å². The molecular formula is C20H29N3O3. The first-order chi connectivity index (χ1) is 12.4. The van der Waals surface area contributed by atoms with Crippen LogP contribution in [-0.2, 0) is 9.59 Å². The molecule has 0 radical (unpaired) electrons. The van der Waals surface area contributed by atoms with Gasteiger partial charge in [-0.15, -0.1) is 0 Å². The molecule has 0 unspecified atom stereocenters.